The predicted octanol–water partition coefficient (Wildman–Crippen LogP) is 3.36. The van der Waals surface area contributed by atoms with Gasteiger partial charge in [-0.05, 0) is 41.5 Å². The highest BCUT2D eigenvalue weighted by molar-refractivity contribution is 6.02. The molecule has 36 heavy (non-hydrogen) atoms. The van der Waals surface area contributed by atoms with Crippen molar-refractivity contribution < 1.29 is 19.1 Å². The lowest BCUT2D eigenvalue weighted by atomic mass is 9.79. The average Bonchev–Trinajstić information content (AvgIpc) is 2.94. The van der Waals surface area contributed by atoms with Crippen molar-refractivity contribution in [1.29, 1.82) is 0 Å². The van der Waals surface area contributed by atoms with Gasteiger partial charge in [0.25, 0.3) is 5.91 Å². The smallest absolute Gasteiger partial charge is 0.254 e. The maximum absolute atomic E-state index is 14.2. The van der Waals surface area contributed by atoms with Crippen LogP contribution in [0.2, 0.25) is 0 Å². The van der Waals surface area contributed by atoms with Gasteiger partial charge in [0.1, 0.15) is 0 Å². The molecule has 3 aromatic rings. The number of aromatic nitrogens is 1. The van der Waals surface area contributed by atoms with Crippen molar-refractivity contribution in [2.24, 2.45) is 0 Å². The average molecular weight is 487 g/mol. The van der Waals surface area contributed by atoms with Crippen molar-refractivity contribution in [3.05, 3.63) is 83.7 Å². The first-order chi connectivity index (χ1) is 17.5. The van der Waals surface area contributed by atoms with E-state index in [1.54, 1.807) is 43.6 Å². The number of amides is 2. The molecule has 1 fully saturated rings. The second-order valence-electron chi connectivity index (χ2n) is 9.07. The molecule has 0 aliphatic carbocycles. The molecule has 3 heterocycles. The molecule has 8 heteroatoms. The van der Waals surface area contributed by atoms with Crippen LogP contribution in [0.4, 0.5) is 5.69 Å². The van der Waals surface area contributed by atoms with E-state index in [-0.39, 0.29) is 11.8 Å². The van der Waals surface area contributed by atoms with Crippen LogP contribution in [0.25, 0.3) is 0 Å². The topological polar surface area (TPSA) is 75.2 Å². The van der Waals surface area contributed by atoms with Crippen LogP contribution in [-0.4, -0.2) is 74.0 Å². The Morgan fingerprint density at radius 1 is 0.944 bits per heavy atom. The van der Waals surface area contributed by atoms with Crippen LogP contribution < -0.4 is 14.4 Å². The predicted molar refractivity (Wildman–Crippen MR) is 137 cm³/mol. The summed E-state index contributed by atoms with van der Waals surface area (Å²) in [6, 6.07) is 17.0. The van der Waals surface area contributed by atoms with Gasteiger partial charge in [0.05, 0.1) is 26.2 Å². The Balaban J connectivity index is 1.53. The fraction of sp³-hybridized carbons (Fsp3) is 0.321. The Morgan fingerprint density at radius 2 is 1.64 bits per heavy atom. The normalized spacial score (nSPS) is 19.6. The zero-order chi connectivity index (χ0) is 25.2. The molecule has 2 aromatic carbocycles. The summed E-state index contributed by atoms with van der Waals surface area (Å²) in [6.07, 6.45) is 3.42. The van der Waals surface area contributed by atoms with E-state index in [1.165, 1.54) is 7.11 Å². The Bertz CT molecular complexity index is 1240. The number of nitrogens with zero attached hydrogens (tertiary/aromatic N) is 4. The molecule has 1 aromatic heterocycles. The van der Waals surface area contributed by atoms with E-state index in [1.807, 2.05) is 35.2 Å². The summed E-state index contributed by atoms with van der Waals surface area (Å²) < 4.78 is 11.0. The van der Waals surface area contributed by atoms with Gasteiger partial charge in [-0.2, -0.15) is 0 Å². The van der Waals surface area contributed by atoms with Gasteiger partial charge in [0, 0.05) is 56.9 Å². The Hall–Kier alpha value is -4.07. The van der Waals surface area contributed by atoms with E-state index in [9.17, 15) is 9.59 Å². The van der Waals surface area contributed by atoms with Crippen LogP contribution >= 0.6 is 0 Å². The highest BCUT2D eigenvalue weighted by Crippen LogP contribution is 2.46. The summed E-state index contributed by atoms with van der Waals surface area (Å²) in [5.41, 5.74) is 3.08. The van der Waals surface area contributed by atoms with Gasteiger partial charge in [-0.25, -0.2) is 0 Å². The van der Waals surface area contributed by atoms with E-state index in [0.29, 0.717) is 35.7 Å². The molecule has 2 atom stereocenters. The molecule has 2 aliphatic heterocycles. The van der Waals surface area contributed by atoms with Crippen LogP contribution in [0.1, 0.15) is 33.4 Å². The zero-order valence-corrected chi connectivity index (χ0v) is 20.8. The summed E-state index contributed by atoms with van der Waals surface area (Å²) >= 11 is 0. The maximum atomic E-state index is 14.2. The number of hydrogen-bond donors (Lipinski definition) is 0. The van der Waals surface area contributed by atoms with Crippen molar-refractivity contribution in [3.8, 4) is 11.5 Å². The largest absolute Gasteiger partial charge is 0.493 e. The molecule has 5 rings (SSSR count). The first-order valence-electron chi connectivity index (χ1n) is 12.0. The van der Waals surface area contributed by atoms with Crippen molar-refractivity contribution in [2.45, 2.75) is 12.0 Å². The van der Waals surface area contributed by atoms with Crippen LogP contribution in [0, 0.1) is 0 Å². The van der Waals surface area contributed by atoms with Crippen LogP contribution in [-0.2, 0) is 4.79 Å². The van der Waals surface area contributed by atoms with Gasteiger partial charge in [0.2, 0.25) is 5.91 Å². The minimum Gasteiger partial charge on any atom is -0.493 e. The lowest BCUT2D eigenvalue weighted by Gasteiger charge is -2.43. The van der Waals surface area contributed by atoms with Gasteiger partial charge in [-0.15, -0.1) is 0 Å². The fourth-order valence-electron chi connectivity index (χ4n) is 5.30. The van der Waals surface area contributed by atoms with Crippen LogP contribution in [0.3, 0.4) is 0 Å². The zero-order valence-electron chi connectivity index (χ0n) is 20.8. The second-order valence-corrected chi connectivity index (χ2v) is 9.07. The molecule has 0 radical (unpaired) electrons. The number of rotatable bonds is 5. The number of benzene rings is 2. The third-order valence-electron chi connectivity index (χ3n) is 7.18. The van der Waals surface area contributed by atoms with Crippen molar-refractivity contribution in [3.63, 3.8) is 0 Å². The van der Waals surface area contributed by atoms with Gasteiger partial charge in [0.15, 0.2) is 11.5 Å². The number of para-hydroxylation sites is 1. The van der Waals surface area contributed by atoms with Crippen LogP contribution in [0.5, 0.6) is 11.5 Å². The molecule has 8 nitrogen and oxygen atoms in total. The van der Waals surface area contributed by atoms with E-state index in [2.05, 4.69) is 22.0 Å². The maximum Gasteiger partial charge on any atom is 0.254 e. The number of likely N-dealkylation sites (N-methyl/N-ethyl adjacent to an activating group) is 1. The molecule has 0 bridgehead atoms. The summed E-state index contributed by atoms with van der Waals surface area (Å²) in [4.78, 5) is 37.8. The standard InChI is InChI=1S/C28H30N4O4/c1-30-26(19-8-7-11-29-18-19)25(21-16-23(35-2)24(36-3)17-22(21)27(30)33)28(34)32-14-12-31(13-15-32)20-9-5-4-6-10-20/h4-11,16-18,25-26H,12-15H2,1-3H3/t25-,26-/m1/s1. The first-order valence-corrected chi connectivity index (χ1v) is 12.0. The van der Waals surface area contributed by atoms with Crippen molar-refractivity contribution >= 4 is 17.5 Å². The summed E-state index contributed by atoms with van der Waals surface area (Å²) in [6.45, 7) is 2.69. The van der Waals surface area contributed by atoms with Gasteiger partial charge < -0.3 is 24.2 Å². The molecule has 1 saturated heterocycles. The van der Waals surface area contributed by atoms with E-state index in [4.69, 9.17) is 9.47 Å². The lowest BCUT2D eigenvalue weighted by Crippen LogP contribution is -2.53. The molecule has 0 unspecified atom stereocenters. The van der Waals surface area contributed by atoms with Gasteiger partial charge in [-0.1, -0.05) is 24.3 Å². The monoisotopic (exact) mass is 486 g/mol. The second kappa shape index (κ2) is 9.89. The molecule has 2 amide bonds. The molecule has 0 spiro atoms. The number of pyridine rings is 1. The minimum atomic E-state index is -0.602. The number of methoxy groups -OCH3 is 2. The van der Waals surface area contributed by atoms with Crippen LogP contribution in [0.15, 0.2) is 67.0 Å². The summed E-state index contributed by atoms with van der Waals surface area (Å²) in [5.74, 6) is 0.169. The minimum absolute atomic E-state index is 0.00983. The van der Waals surface area contributed by atoms with Gasteiger partial charge in [-0.3, -0.25) is 14.6 Å². The highest BCUT2D eigenvalue weighted by Gasteiger charge is 2.45. The van der Waals surface area contributed by atoms with E-state index < -0.39 is 12.0 Å². The molecule has 0 saturated carbocycles. The molecule has 186 valence electrons. The Labute approximate surface area is 211 Å². The van der Waals surface area contributed by atoms with E-state index in [0.717, 1.165) is 24.3 Å². The molecular weight excluding hydrogens is 456 g/mol. The van der Waals surface area contributed by atoms with Gasteiger partial charge >= 0.3 is 0 Å². The number of piperazine rings is 1. The summed E-state index contributed by atoms with van der Waals surface area (Å²) in [5, 5.41) is 0. The quantitative estimate of drug-likeness (QED) is 0.551. The number of anilines is 1. The summed E-state index contributed by atoms with van der Waals surface area (Å²) in [7, 11) is 4.83. The number of carbonyl (C=O) groups excluding carboxylic acids is 2. The first kappa shape index (κ1) is 23.7. The van der Waals surface area contributed by atoms with Crippen molar-refractivity contribution in [1.82, 2.24) is 14.8 Å². The third-order valence-corrected chi connectivity index (χ3v) is 7.18. The Kier molecular flexibility index (Phi) is 6.50. The highest BCUT2D eigenvalue weighted by atomic mass is 16.5. The lowest BCUT2D eigenvalue weighted by molar-refractivity contribution is -0.134. The fourth-order valence-corrected chi connectivity index (χ4v) is 5.30. The SMILES string of the molecule is COc1cc2c(cc1OC)[C@@H](C(=O)N1CCN(c3ccccc3)CC1)[C@@H](c1cccnc1)N(C)C2=O. The van der Waals surface area contributed by atoms with Crippen molar-refractivity contribution in [2.75, 3.05) is 52.3 Å². The number of ether oxygens (including phenoxy) is 2. The van der Waals surface area contributed by atoms with E-state index >= 15 is 0 Å². The third kappa shape index (κ3) is 4.12. The number of fused-ring (bicyclic) bond motifs is 1. The Morgan fingerprint density at radius 3 is 2.28 bits per heavy atom. The number of carbonyl (C=O) groups is 2. The molecule has 2 aliphatic rings. The molecular formula is C28H30N4O4. The molecule has 0 N–H and O–H groups in total. The number of hydrogen-bond acceptors (Lipinski definition) is 6.